The maximum Gasteiger partial charge on any atom is 0.158 e. The van der Waals surface area contributed by atoms with Crippen molar-refractivity contribution >= 4 is 27.5 Å². The summed E-state index contributed by atoms with van der Waals surface area (Å²) in [6.45, 7) is 8.64. The van der Waals surface area contributed by atoms with E-state index >= 15 is 0 Å². The number of hydrogen-bond donors (Lipinski definition) is 0. The molecule has 0 aliphatic rings. The van der Waals surface area contributed by atoms with Crippen LogP contribution in [-0.2, 0) is 4.74 Å². The van der Waals surface area contributed by atoms with Crippen LogP contribution in [0, 0.1) is 0 Å². The van der Waals surface area contributed by atoms with Crippen LogP contribution in [0.15, 0.2) is 4.47 Å². The van der Waals surface area contributed by atoms with Gasteiger partial charge in [-0.15, -0.1) is 0 Å². The molecule has 1 atom stereocenters. The monoisotopic (exact) mass is 306 g/mol. The summed E-state index contributed by atoms with van der Waals surface area (Å²) in [6, 6.07) is 0. The van der Waals surface area contributed by atoms with Crippen LogP contribution in [0.25, 0.3) is 0 Å². The molecule has 0 saturated carbocycles. The molecule has 1 unspecified atom stereocenters. The van der Waals surface area contributed by atoms with Crippen LogP contribution in [0.4, 0.5) is 0 Å². The molecule has 0 saturated heterocycles. The van der Waals surface area contributed by atoms with Crippen molar-refractivity contribution in [2.24, 2.45) is 0 Å². The number of rotatable bonds is 4. The van der Waals surface area contributed by atoms with Crippen molar-refractivity contribution in [2.45, 2.75) is 39.7 Å². The largest absolute Gasteiger partial charge is 0.371 e. The van der Waals surface area contributed by atoms with Crippen molar-refractivity contribution in [3.8, 4) is 0 Å². The number of hydrogen-bond acceptors (Lipinski definition) is 3. The van der Waals surface area contributed by atoms with Gasteiger partial charge in [0.15, 0.2) is 5.82 Å². The quantitative estimate of drug-likeness (QED) is 0.785. The average molecular weight is 308 g/mol. The Morgan fingerprint density at radius 1 is 1.31 bits per heavy atom. The highest BCUT2D eigenvalue weighted by Crippen LogP contribution is 2.30. The fourth-order valence-corrected chi connectivity index (χ4v) is 2.16. The van der Waals surface area contributed by atoms with Crippen molar-refractivity contribution in [2.75, 3.05) is 6.61 Å². The van der Waals surface area contributed by atoms with Gasteiger partial charge in [-0.2, -0.15) is 0 Å². The van der Waals surface area contributed by atoms with Crippen LogP contribution in [-0.4, -0.2) is 16.6 Å². The summed E-state index contributed by atoms with van der Waals surface area (Å²) in [5, 5.41) is 0.445. The van der Waals surface area contributed by atoms with Gasteiger partial charge in [-0.05, 0) is 35.7 Å². The zero-order chi connectivity index (χ0) is 12.3. The molecule has 5 heteroatoms. The average Bonchev–Trinajstić information content (AvgIpc) is 2.21. The van der Waals surface area contributed by atoms with Crippen molar-refractivity contribution in [1.82, 2.24) is 9.97 Å². The van der Waals surface area contributed by atoms with Gasteiger partial charge >= 0.3 is 0 Å². The zero-order valence-corrected chi connectivity index (χ0v) is 12.3. The molecule has 1 aromatic heterocycles. The lowest BCUT2D eigenvalue weighted by Crippen LogP contribution is -2.09. The van der Waals surface area contributed by atoms with Gasteiger partial charge in [-0.25, -0.2) is 9.97 Å². The second-order valence-electron chi connectivity index (χ2n) is 3.82. The van der Waals surface area contributed by atoms with Crippen LogP contribution in [0.3, 0.4) is 0 Å². The minimum Gasteiger partial charge on any atom is -0.371 e. The minimum absolute atomic E-state index is 0.131. The Hall–Kier alpha value is -0.190. The van der Waals surface area contributed by atoms with Gasteiger partial charge in [-0.1, -0.05) is 25.4 Å². The summed E-state index contributed by atoms with van der Waals surface area (Å²) in [7, 11) is 0. The highest BCUT2D eigenvalue weighted by Gasteiger charge is 2.17. The molecule has 16 heavy (non-hydrogen) atoms. The van der Waals surface area contributed by atoms with Gasteiger partial charge in [0.25, 0.3) is 0 Å². The van der Waals surface area contributed by atoms with E-state index in [9.17, 15) is 0 Å². The lowest BCUT2D eigenvalue weighted by molar-refractivity contribution is 0.0698. The van der Waals surface area contributed by atoms with Gasteiger partial charge in [0.2, 0.25) is 0 Å². The summed E-state index contributed by atoms with van der Waals surface area (Å²) < 4.78 is 6.23. The molecule has 0 radical (unpaired) electrons. The molecule has 3 nitrogen and oxygen atoms in total. The van der Waals surface area contributed by atoms with E-state index in [1.54, 1.807) is 0 Å². The Morgan fingerprint density at radius 3 is 2.44 bits per heavy atom. The van der Waals surface area contributed by atoms with Gasteiger partial charge in [0, 0.05) is 6.61 Å². The fourth-order valence-electron chi connectivity index (χ4n) is 1.34. The molecule has 0 aliphatic heterocycles. The number of ether oxygens (including phenoxy) is 1. The van der Waals surface area contributed by atoms with E-state index in [0.717, 1.165) is 10.2 Å². The summed E-state index contributed by atoms with van der Waals surface area (Å²) in [4.78, 5) is 8.70. The Bertz CT molecular complexity index is 371. The van der Waals surface area contributed by atoms with Crippen LogP contribution in [0.1, 0.15) is 51.2 Å². The van der Waals surface area contributed by atoms with Crippen molar-refractivity contribution in [3.63, 3.8) is 0 Å². The van der Waals surface area contributed by atoms with Gasteiger partial charge in [-0.3, -0.25) is 0 Å². The first-order chi connectivity index (χ1) is 7.47. The van der Waals surface area contributed by atoms with E-state index < -0.39 is 0 Å². The number of aromatic nitrogens is 2. The third-order valence-corrected chi connectivity index (χ3v) is 3.46. The molecule has 0 amide bonds. The molecular formula is C11H16BrClN2O. The van der Waals surface area contributed by atoms with E-state index in [1.165, 1.54) is 0 Å². The lowest BCUT2D eigenvalue weighted by Gasteiger charge is -2.14. The second-order valence-corrected chi connectivity index (χ2v) is 4.98. The van der Waals surface area contributed by atoms with Crippen LogP contribution in [0.5, 0.6) is 0 Å². The molecule has 0 aromatic carbocycles. The minimum atomic E-state index is -0.131. The second kappa shape index (κ2) is 5.94. The molecule has 1 heterocycles. The van der Waals surface area contributed by atoms with Crippen LogP contribution >= 0.6 is 27.5 Å². The number of nitrogens with zero attached hydrogens (tertiary/aromatic N) is 2. The van der Waals surface area contributed by atoms with Crippen molar-refractivity contribution < 1.29 is 4.74 Å². The van der Waals surface area contributed by atoms with E-state index in [1.807, 2.05) is 13.8 Å². The third kappa shape index (κ3) is 3.15. The Morgan fingerprint density at radius 2 is 1.94 bits per heavy atom. The summed E-state index contributed by atoms with van der Waals surface area (Å²) in [5.41, 5.74) is 0.918. The first kappa shape index (κ1) is 13.9. The molecular weight excluding hydrogens is 291 g/mol. The summed E-state index contributed by atoms with van der Waals surface area (Å²) in [5.74, 6) is 0.932. The summed E-state index contributed by atoms with van der Waals surface area (Å²) in [6.07, 6.45) is -0.131. The highest BCUT2D eigenvalue weighted by molar-refractivity contribution is 9.10. The van der Waals surface area contributed by atoms with E-state index in [-0.39, 0.29) is 6.10 Å². The number of halogens is 2. The molecule has 0 spiro atoms. The van der Waals surface area contributed by atoms with Gasteiger partial charge in [0.05, 0.1) is 10.2 Å². The SMILES string of the molecule is CCOC(C)c1nc(Cl)c(Br)c(C(C)C)n1. The van der Waals surface area contributed by atoms with Gasteiger partial charge < -0.3 is 4.74 Å². The Labute approximate surface area is 110 Å². The van der Waals surface area contributed by atoms with Crippen molar-refractivity contribution in [1.29, 1.82) is 0 Å². The zero-order valence-electron chi connectivity index (χ0n) is 9.92. The highest BCUT2D eigenvalue weighted by atomic mass is 79.9. The fraction of sp³-hybridized carbons (Fsp3) is 0.636. The smallest absolute Gasteiger partial charge is 0.158 e. The van der Waals surface area contributed by atoms with Crippen LogP contribution in [0.2, 0.25) is 5.15 Å². The summed E-state index contributed by atoms with van der Waals surface area (Å²) >= 11 is 9.46. The molecule has 0 aliphatic carbocycles. The van der Waals surface area contributed by atoms with E-state index in [0.29, 0.717) is 23.5 Å². The standard InChI is InChI=1S/C11H16BrClN2O/c1-5-16-7(4)11-14-9(6(2)3)8(12)10(13)15-11/h6-7H,5H2,1-4H3. The molecule has 1 aromatic rings. The van der Waals surface area contributed by atoms with Crippen LogP contribution < -0.4 is 0 Å². The molecule has 0 N–H and O–H groups in total. The Balaban J connectivity index is 3.13. The third-order valence-electron chi connectivity index (χ3n) is 2.18. The predicted octanol–water partition coefficient (Wildman–Crippen LogP) is 4.11. The topological polar surface area (TPSA) is 35.0 Å². The first-order valence-corrected chi connectivity index (χ1v) is 6.48. The maximum atomic E-state index is 6.05. The Kier molecular flexibility index (Phi) is 5.15. The molecule has 0 fully saturated rings. The normalized spacial score (nSPS) is 13.2. The molecule has 1 rings (SSSR count). The maximum absolute atomic E-state index is 6.05. The first-order valence-electron chi connectivity index (χ1n) is 5.31. The van der Waals surface area contributed by atoms with Crippen molar-refractivity contribution in [3.05, 3.63) is 21.1 Å². The molecule has 0 bridgehead atoms. The molecule has 90 valence electrons. The predicted molar refractivity (Wildman–Crippen MR) is 68.9 cm³/mol. The lowest BCUT2D eigenvalue weighted by atomic mass is 10.1. The van der Waals surface area contributed by atoms with Gasteiger partial charge in [0.1, 0.15) is 11.3 Å². The van der Waals surface area contributed by atoms with E-state index in [2.05, 4.69) is 39.7 Å². The van der Waals surface area contributed by atoms with E-state index in [4.69, 9.17) is 16.3 Å².